The third kappa shape index (κ3) is 1.51. The summed E-state index contributed by atoms with van der Waals surface area (Å²) in [6.45, 7) is 2.04. The van der Waals surface area contributed by atoms with Gasteiger partial charge in [0, 0.05) is 9.86 Å². The minimum Gasteiger partial charge on any atom is -0.346 e. The van der Waals surface area contributed by atoms with Crippen LogP contribution in [0.5, 0.6) is 0 Å². The fourth-order valence-electron chi connectivity index (χ4n) is 1.33. The monoisotopic (exact) mass is 254 g/mol. The number of nitrogens with zero attached hydrogens (tertiary/aromatic N) is 1. The van der Waals surface area contributed by atoms with Gasteiger partial charge in [-0.15, -0.1) is 0 Å². The number of hydrogen-bond donors (Lipinski definition) is 1. The molecule has 13 heavy (non-hydrogen) atoms. The largest absolute Gasteiger partial charge is 0.346 e. The Morgan fingerprint density at radius 3 is 3.00 bits per heavy atom. The Balaban J connectivity index is 3.03. The molecule has 0 bridgehead atoms. The van der Waals surface area contributed by atoms with Crippen LogP contribution in [0.3, 0.4) is 0 Å². The number of rotatable bonds is 0. The highest BCUT2D eigenvalue weighted by molar-refractivity contribution is 9.10. The average Bonchev–Trinajstić information content (AvgIpc) is 2.07. The summed E-state index contributed by atoms with van der Waals surface area (Å²) in [6.07, 6.45) is 1.63. The van der Waals surface area contributed by atoms with Gasteiger partial charge in [0.1, 0.15) is 4.64 Å². The lowest BCUT2D eigenvalue weighted by atomic mass is 10.1. The van der Waals surface area contributed by atoms with Gasteiger partial charge in [-0.1, -0.05) is 28.1 Å². The van der Waals surface area contributed by atoms with Gasteiger partial charge in [-0.3, -0.25) is 0 Å². The first-order valence-electron chi connectivity index (χ1n) is 3.82. The summed E-state index contributed by atoms with van der Waals surface area (Å²) < 4.78 is 1.67. The second-order valence-electron chi connectivity index (χ2n) is 2.85. The van der Waals surface area contributed by atoms with Crippen LogP contribution in [0.15, 0.2) is 22.9 Å². The third-order valence-corrected chi connectivity index (χ3v) is 2.70. The first kappa shape index (κ1) is 8.84. The molecule has 0 radical (unpaired) electrons. The van der Waals surface area contributed by atoms with Crippen molar-refractivity contribution in [3.8, 4) is 0 Å². The lowest BCUT2D eigenvalue weighted by molar-refractivity contribution is 1.19. The molecule has 1 aromatic carbocycles. The molecule has 66 valence electrons. The summed E-state index contributed by atoms with van der Waals surface area (Å²) in [5.41, 5.74) is 2.22. The molecule has 0 atom stereocenters. The maximum atomic E-state index is 5.12. The van der Waals surface area contributed by atoms with E-state index in [1.807, 2.05) is 19.1 Å². The van der Waals surface area contributed by atoms with E-state index in [-0.39, 0.29) is 0 Å². The summed E-state index contributed by atoms with van der Waals surface area (Å²) in [5, 5.41) is 0.990. The van der Waals surface area contributed by atoms with Crippen molar-refractivity contribution < 1.29 is 0 Å². The summed E-state index contributed by atoms with van der Waals surface area (Å²) in [4.78, 5) is 7.12. The van der Waals surface area contributed by atoms with Gasteiger partial charge in [-0.2, -0.15) is 0 Å². The maximum Gasteiger partial charge on any atom is 0.137 e. The van der Waals surface area contributed by atoms with Crippen molar-refractivity contribution in [2.75, 3.05) is 0 Å². The molecule has 0 aliphatic carbocycles. The number of aromatic amines is 1. The van der Waals surface area contributed by atoms with E-state index in [0.29, 0.717) is 4.64 Å². The third-order valence-electron chi connectivity index (χ3n) is 1.92. The van der Waals surface area contributed by atoms with Crippen molar-refractivity contribution in [2.24, 2.45) is 0 Å². The number of fused-ring (bicyclic) bond motifs is 1. The maximum absolute atomic E-state index is 5.12. The highest BCUT2D eigenvalue weighted by atomic mass is 79.9. The zero-order chi connectivity index (χ0) is 9.42. The van der Waals surface area contributed by atoms with E-state index in [0.717, 1.165) is 20.9 Å². The Morgan fingerprint density at radius 1 is 1.46 bits per heavy atom. The number of benzene rings is 1. The Kier molecular flexibility index (Phi) is 2.17. The van der Waals surface area contributed by atoms with Gasteiger partial charge in [-0.25, -0.2) is 4.98 Å². The minimum atomic E-state index is 0.637. The zero-order valence-corrected chi connectivity index (χ0v) is 9.37. The molecule has 0 fully saturated rings. The van der Waals surface area contributed by atoms with E-state index in [1.54, 1.807) is 6.33 Å². The lowest BCUT2D eigenvalue weighted by Gasteiger charge is -2.02. The fourth-order valence-corrected chi connectivity index (χ4v) is 2.11. The van der Waals surface area contributed by atoms with Gasteiger partial charge >= 0.3 is 0 Å². The Bertz CT molecular complexity index is 518. The van der Waals surface area contributed by atoms with Gasteiger partial charge in [0.05, 0.1) is 11.8 Å². The van der Waals surface area contributed by atoms with Crippen molar-refractivity contribution in [3.63, 3.8) is 0 Å². The van der Waals surface area contributed by atoms with E-state index in [9.17, 15) is 0 Å². The fraction of sp³-hybridized carbons (Fsp3) is 0.111. The van der Waals surface area contributed by atoms with Crippen LogP contribution in [-0.2, 0) is 0 Å². The molecule has 0 saturated heterocycles. The van der Waals surface area contributed by atoms with Crippen molar-refractivity contribution in [1.82, 2.24) is 9.97 Å². The first-order chi connectivity index (χ1) is 6.18. The molecular formula is C9H7BrN2S. The van der Waals surface area contributed by atoms with E-state index < -0.39 is 0 Å². The standard InChI is InChI=1S/C9H7BrN2S/c1-5-2-6(10)3-7-8(5)11-4-12-9(7)13/h2-4H,1H3,(H,11,12,13). The Morgan fingerprint density at radius 2 is 2.23 bits per heavy atom. The summed E-state index contributed by atoms with van der Waals surface area (Å²) in [5.74, 6) is 0. The molecule has 1 heterocycles. The Hall–Kier alpha value is -0.740. The highest BCUT2D eigenvalue weighted by Crippen LogP contribution is 2.21. The molecule has 4 heteroatoms. The van der Waals surface area contributed by atoms with Crippen molar-refractivity contribution >= 4 is 39.1 Å². The van der Waals surface area contributed by atoms with E-state index in [1.165, 1.54) is 0 Å². The van der Waals surface area contributed by atoms with Gasteiger partial charge in [0.25, 0.3) is 0 Å². The second kappa shape index (κ2) is 3.20. The quantitative estimate of drug-likeness (QED) is 0.731. The van der Waals surface area contributed by atoms with Crippen molar-refractivity contribution in [2.45, 2.75) is 6.92 Å². The van der Waals surface area contributed by atoms with Crippen LogP contribution >= 0.6 is 28.1 Å². The second-order valence-corrected chi connectivity index (χ2v) is 4.16. The van der Waals surface area contributed by atoms with Crippen LogP contribution in [-0.4, -0.2) is 9.97 Å². The van der Waals surface area contributed by atoms with Gasteiger partial charge < -0.3 is 4.98 Å². The first-order valence-corrected chi connectivity index (χ1v) is 5.02. The van der Waals surface area contributed by atoms with Crippen molar-refractivity contribution in [3.05, 3.63) is 33.1 Å². The summed E-state index contributed by atoms with van der Waals surface area (Å²) in [6, 6.07) is 4.03. The summed E-state index contributed by atoms with van der Waals surface area (Å²) in [7, 11) is 0. The molecule has 2 aromatic rings. The minimum absolute atomic E-state index is 0.637. The van der Waals surface area contributed by atoms with E-state index >= 15 is 0 Å². The molecule has 0 unspecified atom stereocenters. The molecule has 1 aromatic heterocycles. The average molecular weight is 255 g/mol. The molecule has 0 amide bonds. The normalized spacial score (nSPS) is 10.6. The number of halogens is 1. The highest BCUT2D eigenvalue weighted by Gasteiger charge is 2.00. The van der Waals surface area contributed by atoms with E-state index in [2.05, 4.69) is 25.9 Å². The van der Waals surface area contributed by atoms with Crippen LogP contribution in [0.4, 0.5) is 0 Å². The predicted molar refractivity (Wildman–Crippen MR) is 59.4 cm³/mol. The zero-order valence-electron chi connectivity index (χ0n) is 6.97. The van der Waals surface area contributed by atoms with Crippen LogP contribution in [0.25, 0.3) is 10.9 Å². The molecule has 2 rings (SSSR count). The Labute approximate surface area is 89.1 Å². The van der Waals surface area contributed by atoms with Crippen molar-refractivity contribution in [1.29, 1.82) is 0 Å². The topological polar surface area (TPSA) is 28.7 Å². The van der Waals surface area contributed by atoms with Crippen LogP contribution in [0, 0.1) is 11.6 Å². The molecular weight excluding hydrogens is 248 g/mol. The van der Waals surface area contributed by atoms with Gasteiger partial charge in [0.15, 0.2) is 0 Å². The predicted octanol–water partition coefficient (Wildman–Crippen LogP) is 3.36. The van der Waals surface area contributed by atoms with Gasteiger partial charge in [-0.05, 0) is 24.6 Å². The molecule has 0 aliphatic heterocycles. The number of aromatic nitrogens is 2. The van der Waals surface area contributed by atoms with E-state index in [4.69, 9.17) is 12.2 Å². The van der Waals surface area contributed by atoms with Crippen LogP contribution < -0.4 is 0 Å². The molecule has 2 nitrogen and oxygen atoms in total. The molecule has 0 spiro atoms. The molecule has 1 N–H and O–H groups in total. The van der Waals surface area contributed by atoms with Crippen LogP contribution in [0.2, 0.25) is 0 Å². The van der Waals surface area contributed by atoms with Crippen LogP contribution in [0.1, 0.15) is 5.56 Å². The smallest absolute Gasteiger partial charge is 0.137 e. The number of H-pyrrole nitrogens is 1. The number of nitrogens with one attached hydrogen (secondary N) is 1. The SMILES string of the molecule is Cc1cc(Br)cc2c(=S)nc[nH]c12. The number of aryl methyl sites for hydroxylation is 1. The number of hydrogen-bond acceptors (Lipinski definition) is 2. The summed E-state index contributed by atoms with van der Waals surface area (Å²) >= 11 is 8.55. The lowest BCUT2D eigenvalue weighted by Crippen LogP contribution is -1.86. The van der Waals surface area contributed by atoms with Gasteiger partial charge in [0.2, 0.25) is 0 Å². The molecule has 0 aliphatic rings. The molecule has 0 saturated carbocycles.